The average Bonchev–Trinajstić information content (AvgIpc) is 2.82. The van der Waals surface area contributed by atoms with Gasteiger partial charge in [-0.05, 0) is 75.1 Å². The van der Waals surface area contributed by atoms with Crippen LogP contribution in [0, 0.1) is 24.7 Å². The van der Waals surface area contributed by atoms with Crippen LogP contribution in [0.2, 0.25) is 0 Å². The van der Waals surface area contributed by atoms with Crippen molar-refractivity contribution in [3.8, 4) is 0 Å². The molecule has 0 radical (unpaired) electrons. The van der Waals surface area contributed by atoms with Crippen molar-refractivity contribution in [1.29, 1.82) is 0 Å². The third-order valence-corrected chi connectivity index (χ3v) is 5.89. The fourth-order valence-corrected chi connectivity index (χ4v) is 4.53. The number of nitrogens with one attached hydrogen (secondary N) is 1. The maximum absolute atomic E-state index is 3.57. The number of hydrogen-bond donors (Lipinski definition) is 1. The Hall–Kier alpha value is -0.340. The summed E-state index contributed by atoms with van der Waals surface area (Å²) < 4.78 is 0. The summed E-state index contributed by atoms with van der Waals surface area (Å²) in [5.74, 6) is 3.39. The Balaban J connectivity index is 2.10. The van der Waals surface area contributed by atoms with E-state index < -0.39 is 0 Å². The topological polar surface area (TPSA) is 12.0 Å². The highest BCUT2D eigenvalue weighted by molar-refractivity contribution is 7.12. The van der Waals surface area contributed by atoms with Gasteiger partial charge in [0, 0.05) is 9.75 Å². The van der Waals surface area contributed by atoms with Crippen LogP contribution in [-0.2, 0) is 0 Å². The lowest BCUT2D eigenvalue weighted by molar-refractivity contribution is 0.193. The fraction of sp³-hybridized carbons (Fsp3) is 0.765. The number of aryl methyl sites for hydroxylation is 1. The Labute approximate surface area is 122 Å². The summed E-state index contributed by atoms with van der Waals surface area (Å²) in [6, 6.07) is 4.68. The lowest BCUT2D eigenvalue weighted by Gasteiger charge is -2.37. The van der Waals surface area contributed by atoms with Crippen molar-refractivity contribution in [2.75, 3.05) is 13.1 Å². The molecule has 0 amide bonds. The van der Waals surface area contributed by atoms with Crippen molar-refractivity contribution in [3.05, 3.63) is 21.9 Å². The standard InChI is InChI=1S/C17H29NS/c1-5-18-11-15-8-7-14(12(2)3)10-16(15)17-9-6-13(4)19-17/h6,9,12,14-16,18H,5,7-8,10-11H2,1-4H3. The highest BCUT2D eigenvalue weighted by Crippen LogP contribution is 2.44. The summed E-state index contributed by atoms with van der Waals surface area (Å²) in [5.41, 5.74) is 0. The minimum atomic E-state index is 0.791. The Morgan fingerprint density at radius 3 is 2.68 bits per heavy atom. The Kier molecular flexibility index (Phi) is 5.47. The smallest absolute Gasteiger partial charge is 0.00823 e. The van der Waals surface area contributed by atoms with Crippen LogP contribution in [-0.4, -0.2) is 13.1 Å². The predicted octanol–water partition coefficient (Wildman–Crippen LogP) is 4.82. The molecule has 0 bridgehead atoms. The summed E-state index contributed by atoms with van der Waals surface area (Å²) in [7, 11) is 0. The number of hydrogen-bond acceptors (Lipinski definition) is 2. The highest BCUT2D eigenvalue weighted by atomic mass is 32.1. The molecule has 1 aliphatic rings. The third kappa shape index (κ3) is 3.82. The summed E-state index contributed by atoms with van der Waals surface area (Å²) in [5, 5.41) is 3.57. The van der Waals surface area contributed by atoms with Gasteiger partial charge >= 0.3 is 0 Å². The molecule has 0 aliphatic heterocycles. The van der Waals surface area contributed by atoms with E-state index in [0.717, 1.165) is 30.2 Å². The molecule has 0 saturated heterocycles. The van der Waals surface area contributed by atoms with Crippen LogP contribution in [0.25, 0.3) is 0 Å². The van der Waals surface area contributed by atoms with E-state index in [1.165, 1.54) is 30.7 Å². The van der Waals surface area contributed by atoms with Gasteiger partial charge in [-0.2, -0.15) is 0 Å². The molecule has 1 aromatic heterocycles. The van der Waals surface area contributed by atoms with E-state index in [9.17, 15) is 0 Å². The molecular formula is C17H29NS. The maximum atomic E-state index is 3.57. The molecule has 0 aromatic carbocycles. The predicted molar refractivity (Wildman–Crippen MR) is 86.0 cm³/mol. The van der Waals surface area contributed by atoms with Gasteiger partial charge in [0.25, 0.3) is 0 Å². The molecule has 2 rings (SSSR count). The van der Waals surface area contributed by atoms with Crippen molar-refractivity contribution in [1.82, 2.24) is 5.32 Å². The first-order chi connectivity index (χ1) is 9.11. The second-order valence-electron chi connectivity index (χ2n) is 6.44. The molecular weight excluding hydrogens is 250 g/mol. The van der Waals surface area contributed by atoms with Crippen LogP contribution in [0.1, 0.15) is 55.7 Å². The zero-order valence-electron chi connectivity index (χ0n) is 12.9. The van der Waals surface area contributed by atoms with Crippen LogP contribution >= 0.6 is 11.3 Å². The minimum Gasteiger partial charge on any atom is -0.317 e. The van der Waals surface area contributed by atoms with Crippen LogP contribution in [0.4, 0.5) is 0 Å². The number of rotatable bonds is 5. The molecule has 1 nitrogen and oxygen atoms in total. The number of thiophene rings is 1. The van der Waals surface area contributed by atoms with Crippen molar-refractivity contribution in [3.63, 3.8) is 0 Å². The lowest BCUT2D eigenvalue weighted by Crippen LogP contribution is -2.32. The zero-order chi connectivity index (χ0) is 13.8. The molecule has 1 aliphatic carbocycles. The quantitative estimate of drug-likeness (QED) is 0.814. The average molecular weight is 279 g/mol. The maximum Gasteiger partial charge on any atom is 0.00823 e. The van der Waals surface area contributed by atoms with Crippen LogP contribution in [0.3, 0.4) is 0 Å². The summed E-state index contributed by atoms with van der Waals surface area (Å²) in [6.07, 6.45) is 4.22. The molecule has 3 unspecified atom stereocenters. The molecule has 1 saturated carbocycles. The molecule has 1 heterocycles. The van der Waals surface area contributed by atoms with Gasteiger partial charge in [-0.1, -0.05) is 20.8 Å². The van der Waals surface area contributed by atoms with Crippen LogP contribution < -0.4 is 5.32 Å². The SMILES string of the molecule is CCNCC1CCC(C(C)C)CC1c1ccc(C)s1. The molecule has 1 fully saturated rings. The Bertz CT molecular complexity index is 382. The van der Waals surface area contributed by atoms with E-state index in [-0.39, 0.29) is 0 Å². The van der Waals surface area contributed by atoms with Crippen LogP contribution in [0.15, 0.2) is 12.1 Å². The minimum absolute atomic E-state index is 0.791. The van der Waals surface area contributed by atoms with Crippen molar-refractivity contribution in [2.24, 2.45) is 17.8 Å². The molecule has 1 N–H and O–H groups in total. The molecule has 2 heteroatoms. The zero-order valence-corrected chi connectivity index (χ0v) is 13.7. The van der Waals surface area contributed by atoms with Gasteiger partial charge in [0.1, 0.15) is 0 Å². The monoisotopic (exact) mass is 279 g/mol. The summed E-state index contributed by atoms with van der Waals surface area (Å²) >= 11 is 2.02. The van der Waals surface area contributed by atoms with E-state index in [1.54, 1.807) is 4.88 Å². The van der Waals surface area contributed by atoms with Gasteiger partial charge < -0.3 is 5.32 Å². The van der Waals surface area contributed by atoms with Crippen molar-refractivity contribution in [2.45, 2.75) is 52.9 Å². The normalized spacial score (nSPS) is 27.9. The van der Waals surface area contributed by atoms with Gasteiger partial charge in [-0.3, -0.25) is 0 Å². The van der Waals surface area contributed by atoms with E-state index >= 15 is 0 Å². The van der Waals surface area contributed by atoms with Crippen molar-refractivity contribution >= 4 is 11.3 Å². The molecule has 3 atom stereocenters. The first kappa shape index (κ1) is 15.1. The third-order valence-electron chi connectivity index (χ3n) is 4.76. The Morgan fingerprint density at radius 1 is 1.32 bits per heavy atom. The fourth-order valence-electron chi connectivity index (χ4n) is 3.45. The first-order valence-electron chi connectivity index (χ1n) is 7.88. The van der Waals surface area contributed by atoms with Gasteiger partial charge in [0.2, 0.25) is 0 Å². The second-order valence-corrected chi connectivity index (χ2v) is 7.76. The van der Waals surface area contributed by atoms with Crippen molar-refractivity contribution < 1.29 is 0 Å². The van der Waals surface area contributed by atoms with Crippen LogP contribution in [0.5, 0.6) is 0 Å². The molecule has 1 aromatic rings. The molecule has 0 spiro atoms. The summed E-state index contributed by atoms with van der Waals surface area (Å²) in [4.78, 5) is 3.09. The summed E-state index contributed by atoms with van der Waals surface area (Å²) in [6.45, 7) is 11.5. The van der Waals surface area contributed by atoms with E-state index in [1.807, 2.05) is 11.3 Å². The van der Waals surface area contributed by atoms with Gasteiger partial charge in [-0.25, -0.2) is 0 Å². The van der Waals surface area contributed by atoms with E-state index in [2.05, 4.69) is 45.1 Å². The molecule has 108 valence electrons. The Morgan fingerprint density at radius 2 is 2.11 bits per heavy atom. The largest absolute Gasteiger partial charge is 0.317 e. The lowest BCUT2D eigenvalue weighted by atomic mass is 9.70. The van der Waals surface area contributed by atoms with Gasteiger partial charge in [0.05, 0.1) is 0 Å². The van der Waals surface area contributed by atoms with Gasteiger partial charge in [-0.15, -0.1) is 11.3 Å². The molecule has 19 heavy (non-hydrogen) atoms. The second kappa shape index (κ2) is 6.90. The van der Waals surface area contributed by atoms with Gasteiger partial charge in [0.15, 0.2) is 0 Å². The van der Waals surface area contributed by atoms with E-state index in [4.69, 9.17) is 0 Å². The van der Waals surface area contributed by atoms with E-state index in [0.29, 0.717) is 0 Å². The first-order valence-corrected chi connectivity index (χ1v) is 8.70. The highest BCUT2D eigenvalue weighted by Gasteiger charge is 2.33.